The van der Waals surface area contributed by atoms with Crippen LogP contribution < -0.4 is 21.3 Å². The van der Waals surface area contributed by atoms with Crippen molar-refractivity contribution in [2.24, 2.45) is 11.8 Å². The molecule has 14 nitrogen and oxygen atoms in total. The van der Waals surface area contributed by atoms with Crippen molar-refractivity contribution < 1.29 is 47.6 Å². The van der Waals surface area contributed by atoms with Crippen molar-refractivity contribution in [3.8, 4) is 0 Å². The maximum absolute atomic E-state index is 12.4. The van der Waals surface area contributed by atoms with Crippen LogP contribution in [0.3, 0.4) is 0 Å². The predicted molar refractivity (Wildman–Crippen MR) is 165 cm³/mol. The van der Waals surface area contributed by atoms with E-state index in [1.807, 2.05) is 27.7 Å². The Balaban J connectivity index is 4.18. The van der Waals surface area contributed by atoms with Gasteiger partial charge in [0.1, 0.15) is 25.3 Å². The smallest absolute Gasteiger partial charge is 0.328 e. The zero-order chi connectivity index (χ0) is 33.0. The molecule has 0 aliphatic rings. The molecule has 44 heavy (non-hydrogen) atoms. The summed E-state index contributed by atoms with van der Waals surface area (Å²) in [6, 6.07) is -2.33. The van der Waals surface area contributed by atoms with Gasteiger partial charge in [-0.1, -0.05) is 40.5 Å². The molecule has 0 aromatic rings. The van der Waals surface area contributed by atoms with Crippen LogP contribution in [0.2, 0.25) is 0 Å². The van der Waals surface area contributed by atoms with Crippen LogP contribution in [0, 0.1) is 11.8 Å². The van der Waals surface area contributed by atoms with Crippen LogP contribution in [0.5, 0.6) is 0 Å². The second-order valence-corrected chi connectivity index (χ2v) is 11.1. The highest BCUT2D eigenvalue weighted by atomic mass is 16.6. The Morgan fingerprint density at radius 3 is 1.23 bits per heavy atom. The monoisotopic (exact) mass is 634 g/mol. The molecule has 0 aromatic heterocycles. The minimum Gasteiger partial charge on any atom is -0.462 e. The van der Waals surface area contributed by atoms with E-state index in [0.29, 0.717) is 52.4 Å². The van der Waals surface area contributed by atoms with Crippen molar-refractivity contribution in [3.05, 3.63) is 0 Å². The summed E-state index contributed by atoms with van der Waals surface area (Å²) in [6.45, 7) is 11.3. The van der Waals surface area contributed by atoms with E-state index >= 15 is 0 Å². The molecule has 0 aliphatic heterocycles. The van der Waals surface area contributed by atoms with Crippen LogP contribution in [0.25, 0.3) is 0 Å². The highest BCUT2D eigenvalue weighted by Gasteiger charge is 2.24. The molecular formula is C30H58N4O10. The number of carbonyl (C=O) groups is 4. The second kappa shape index (κ2) is 27.8. The molecule has 258 valence electrons. The molecule has 0 rings (SSSR count). The van der Waals surface area contributed by atoms with Gasteiger partial charge in [-0.25, -0.2) is 19.2 Å². The van der Waals surface area contributed by atoms with Crippen molar-refractivity contribution in [1.29, 1.82) is 0 Å². The summed E-state index contributed by atoms with van der Waals surface area (Å²) >= 11 is 0. The van der Waals surface area contributed by atoms with E-state index < -0.39 is 36.1 Å². The number of urea groups is 2. The summed E-state index contributed by atoms with van der Waals surface area (Å²) in [5.41, 5.74) is 0. The highest BCUT2D eigenvalue weighted by Crippen LogP contribution is 2.08. The Morgan fingerprint density at radius 1 is 0.523 bits per heavy atom. The topological polar surface area (TPSA) is 172 Å². The van der Waals surface area contributed by atoms with Gasteiger partial charge in [-0.3, -0.25) is 0 Å². The Morgan fingerprint density at radius 2 is 0.886 bits per heavy atom. The number of hydrogen-bond acceptors (Lipinski definition) is 10. The van der Waals surface area contributed by atoms with E-state index in [4.69, 9.17) is 28.4 Å². The van der Waals surface area contributed by atoms with Crippen molar-refractivity contribution >= 4 is 24.0 Å². The van der Waals surface area contributed by atoms with Crippen molar-refractivity contribution in [1.82, 2.24) is 21.3 Å². The molecule has 0 saturated carbocycles. The van der Waals surface area contributed by atoms with Crippen molar-refractivity contribution in [2.75, 3.05) is 80.2 Å². The number of hydrogen-bond donors (Lipinski definition) is 4. The van der Waals surface area contributed by atoms with Crippen LogP contribution in [-0.4, -0.2) is 116 Å². The first-order valence-electron chi connectivity index (χ1n) is 15.7. The van der Waals surface area contributed by atoms with Crippen LogP contribution in [0.15, 0.2) is 0 Å². The summed E-state index contributed by atoms with van der Waals surface area (Å²) in [5, 5.41) is 11.0. The van der Waals surface area contributed by atoms with Gasteiger partial charge in [0, 0.05) is 27.3 Å². The van der Waals surface area contributed by atoms with Crippen LogP contribution in [0.4, 0.5) is 9.59 Å². The molecule has 4 amide bonds. The molecule has 0 fully saturated rings. The minimum absolute atomic E-state index is 0.105. The quantitative estimate of drug-likeness (QED) is 0.0777. The van der Waals surface area contributed by atoms with Crippen molar-refractivity contribution in [3.63, 3.8) is 0 Å². The number of nitrogens with one attached hydrogen (secondary N) is 4. The van der Waals surface area contributed by atoms with Crippen LogP contribution >= 0.6 is 0 Å². The molecule has 0 radical (unpaired) electrons. The van der Waals surface area contributed by atoms with Crippen LogP contribution in [-0.2, 0) is 38.0 Å². The lowest BCUT2D eigenvalue weighted by atomic mass is 10.0. The number of unbranched alkanes of at least 4 members (excludes halogenated alkanes) is 3. The van der Waals surface area contributed by atoms with Gasteiger partial charge >= 0.3 is 24.0 Å². The standard InChI is InChI=1S/C30H58N4O10/c1-23(2)21-25(27(35)43-19-17-41-15-13-39-5)33-29(37)31-11-9-7-8-10-12-32-30(38)34-26(22-24(3)4)28(36)44-20-18-42-16-14-40-6/h23-26H,7-22H2,1-6H3,(H2,31,33,37)(H2,32,34,38). The fourth-order valence-corrected chi connectivity index (χ4v) is 3.89. The van der Waals surface area contributed by atoms with Gasteiger partial charge in [-0.2, -0.15) is 0 Å². The van der Waals surface area contributed by atoms with E-state index in [1.54, 1.807) is 14.2 Å². The summed E-state index contributed by atoms with van der Waals surface area (Å²) in [4.78, 5) is 49.6. The fraction of sp³-hybridized carbons (Fsp3) is 0.867. The van der Waals surface area contributed by atoms with Gasteiger partial charge < -0.3 is 49.7 Å². The predicted octanol–water partition coefficient (Wildman–Crippen LogP) is 2.39. The number of amides is 4. The molecule has 0 aromatic carbocycles. The SMILES string of the molecule is COCCOCCOC(=O)C(CC(C)C)NC(=O)NCCCCCCNC(=O)NC(CC(C)C)C(=O)OCCOCCOC. The Kier molecular flexibility index (Phi) is 26.1. The molecule has 4 N–H and O–H groups in total. The maximum Gasteiger partial charge on any atom is 0.328 e. The third-order valence-corrected chi connectivity index (χ3v) is 6.08. The molecule has 0 spiro atoms. The first-order valence-corrected chi connectivity index (χ1v) is 15.7. The lowest BCUT2D eigenvalue weighted by Gasteiger charge is -2.20. The number of carbonyl (C=O) groups excluding carboxylic acids is 4. The Bertz CT molecular complexity index is 708. The molecule has 14 heteroatoms. The van der Waals surface area contributed by atoms with E-state index in [0.717, 1.165) is 25.7 Å². The summed E-state index contributed by atoms with van der Waals surface area (Å²) in [5.74, 6) is -0.603. The normalized spacial score (nSPS) is 12.5. The Hall–Kier alpha value is -2.68. The van der Waals surface area contributed by atoms with Gasteiger partial charge in [0.25, 0.3) is 0 Å². The molecule has 0 aliphatic carbocycles. The van der Waals surface area contributed by atoms with Crippen molar-refractivity contribution in [2.45, 2.75) is 78.3 Å². The highest BCUT2D eigenvalue weighted by molar-refractivity contribution is 5.84. The third kappa shape index (κ3) is 24.7. The van der Waals surface area contributed by atoms with E-state index in [1.165, 1.54) is 0 Å². The zero-order valence-electron chi connectivity index (χ0n) is 27.7. The number of rotatable bonds is 27. The number of esters is 2. The average Bonchev–Trinajstić information content (AvgIpc) is 2.96. The molecule has 2 unspecified atom stereocenters. The Labute approximate surface area is 263 Å². The van der Waals surface area contributed by atoms with E-state index in [2.05, 4.69) is 21.3 Å². The average molecular weight is 635 g/mol. The third-order valence-electron chi connectivity index (χ3n) is 6.08. The summed E-state index contributed by atoms with van der Waals surface area (Å²) in [7, 11) is 3.16. The number of methoxy groups -OCH3 is 2. The van der Waals surface area contributed by atoms with Gasteiger partial charge in [-0.15, -0.1) is 0 Å². The largest absolute Gasteiger partial charge is 0.462 e. The van der Waals surface area contributed by atoms with Gasteiger partial charge in [0.2, 0.25) is 0 Å². The van der Waals surface area contributed by atoms with Gasteiger partial charge in [0.15, 0.2) is 0 Å². The second-order valence-electron chi connectivity index (χ2n) is 11.1. The van der Waals surface area contributed by atoms with Gasteiger partial charge in [0.05, 0.1) is 39.6 Å². The van der Waals surface area contributed by atoms with Gasteiger partial charge in [-0.05, 0) is 37.5 Å². The summed E-state index contributed by atoms with van der Waals surface area (Å²) in [6.07, 6.45) is 4.10. The first-order chi connectivity index (χ1) is 21.1. The van der Waals surface area contributed by atoms with Crippen LogP contribution in [0.1, 0.15) is 66.2 Å². The molecule has 2 atom stereocenters. The summed E-state index contributed by atoms with van der Waals surface area (Å²) < 4.78 is 30.9. The van der Waals surface area contributed by atoms with E-state index in [-0.39, 0.29) is 38.3 Å². The molecule has 0 bridgehead atoms. The lowest BCUT2D eigenvalue weighted by Crippen LogP contribution is -2.47. The lowest BCUT2D eigenvalue weighted by molar-refractivity contribution is -0.148. The zero-order valence-corrected chi connectivity index (χ0v) is 27.7. The number of ether oxygens (including phenoxy) is 6. The molecule has 0 saturated heterocycles. The molecule has 0 heterocycles. The first kappa shape index (κ1) is 41.3. The maximum atomic E-state index is 12.4. The minimum atomic E-state index is -0.742. The van der Waals surface area contributed by atoms with E-state index in [9.17, 15) is 19.2 Å². The molecular weight excluding hydrogens is 576 g/mol. The fourth-order valence-electron chi connectivity index (χ4n) is 3.89.